The van der Waals surface area contributed by atoms with Crippen molar-refractivity contribution in [2.75, 3.05) is 19.7 Å². The van der Waals surface area contributed by atoms with E-state index in [0.29, 0.717) is 18.3 Å². The molecule has 0 amide bonds. The molecule has 3 rings (SSSR count). The maximum absolute atomic E-state index is 5.68. The van der Waals surface area contributed by atoms with Crippen LogP contribution in [0.4, 0.5) is 0 Å². The number of nitrogens with zero attached hydrogens (tertiary/aromatic N) is 2. The first-order valence-corrected chi connectivity index (χ1v) is 10.3. The highest BCUT2D eigenvalue weighted by molar-refractivity contribution is 14.0. The average Bonchev–Trinajstić information content (AvgIpc) is 3.33. The zero-order valence-corrected chi connectivity index (χ0v) is 19.1. The maximum atomic E-state index is 5.68. The van der Waals surface area contributed by atoms with Gasteiger partial charge in [0.2, 0.25) is 5.88 Å². The fourth-order valence-corrected chi connectivity index (χ4v) is 3.30. The van der Waals surface area contributed by atoms with Crippen molar-refractivity contribution in [1.82, 2.24) is 15.6 Å². The van der Waals surface area contributed by atoms with Gasteiger partial charge in [0, 0.05) is 36.1 Å². The Labute approximate surface area is 183 Å². The fraction of sp³-hybridized carbons (Fsp3) is 0.500. The second kappa shape index (κ2) is 11.5. The smallest absolute Gasteiger partial charge is 0.213 e. The monoisotopic (exact) mass is 500 g/mol. The van der Waals surface area contributed by atoms with Crippen molar-refractivity contribution in [3.8, 4) is 5.88 Å². The van der Waals surface area contributed by atoms with E-state index in [9.17, 15) is 0 Å². The van der Waals surface area contributed by atoms with Crippen LogP contribution in [0, 0.1) is 5.92 Å². The van der Waals surface area contributed by atoms with Gasteiger partial charge < -0.3 is 15.4 Å². The summed E-state index contributed by atoms with van der Waals surface area (Å²) in [7, 11) is 0. The van der Waals surface area contributed by atoms with Gasteiger partial charge in [-0.1, -0.05) is 19.1 Å². The van der Waals surface area contributed by atoms with Crippen molar-refractivity contribution in [3.63, 3.8) is 0 Å². The summed E-state index contributed by atoms with van der Waals surface area (Å²) in [4.78, 5) is 10.4. The molecule has 7 heteroatoms. The summed E-state index contributed by atoms with van der Waals surface area (Å²) >= 11 is 1.80. The number of halogens is 1. The van der Waals surface area contributed by atoms with Gasteiger partial charge in [0.25, 0.3) is 0 Å². The van der Waals surface area contributed by atoms with Crippen molar-refractivity contribution >= 4 is 41.3 Å². The molecule has 0 spiro atoms. The van der Waals surface area contributed by atoms with Crippen LogP contribution in [-0.4, -0.2) is 30.6 Å². The Morgan fingerprint density at radius 1 is 1.33 bits per heavy atom. The molecule has 1 atom stereocenters. The Balaban J connectivity index is 0.00000261. The molecule has 5 nitrogen and oxygen atoms in total. The number of hydrogen-bond acceptors (Lipinski definition) is 4. The summed E-state index contributed by atoms with van der Waals surface area (Å²) in [6.45, 7) is 7.39. The number of hydrogen-bond donors (Lipinski definition) is 2. The zero-order chi connectivity index (χ0) is 18.2. The summed E-state index contributed by atoms with van der Waals surface area (Å²) < 4.78 is 5.68. The summed E-state index contributed by atoms with van der Waals surface area (Å²) in [6.07, 6.45) is 4.43. The summed E-state index contributed by atoms with van der Waals surface area (Å²) in [5.41, 5.74) is 1.08. The number of guanidine groups is 1. The van der Waals surface area contributed by atoms with Crippen LogP contribution >= 0.6 is 35.3 Å². The molecule has 2 aromatic heterocycles. The summed E-state index contributed by atoms with van der Waals surface area (Å²) in [5, 5.41) is 8.85. The van der Waals surface area contributed by atoms with E-state index < -0.39 is 0 Å². The Hall–Kier alpha value is -1.35. The van der Waals surface area contributed by atoms with Crippen LogP contribution in [0.2, 0.25) is 0 Å². The van der Waals surface area contributed by atoms with E-state index in [4.69, 9.17) is 4.74 Å². The number of pyridine rings is 1. The van der Waals surface area contributed by atoms with Crippen molar-refractivity contribution in [2.24, 2.45) is 10.9 Å². The zero-order valence-electron chi connectivity index (χ0n) is 16.0. The number of nitrogens with one attached hydrogen (secondary N) is 2. The van der Waals surface area contributed by atoms with Gasteiger partial charge in [0.1, 0.15) is 0 Å². The van der Waals surface area contributed by atoms with Crippen molar-refractivity contribution in [1.29, 1.82) is 0 Å². The van der Waals surface area contributed by atoms with Crippen LogP contribution in [0.5, 0.6) is 5.88 Å². The molecule has 0 bridgehead atoms. The van der Waals surface area contributed by atoms with Gasteiger partial charge in [-0.05, 0) is 42.7 Å². The third-order valence-corrected chi connectivity index (χ3v) is 5.43. The quantitative estimate of drug-likeness (QED) is 0.304. The molecule has 1 aliphatic carbocycles. The average molecular weight is 500 g/mol. The molecule has 1 aliphatic rings. The predicted molar refractivity (Wildman–Crippen MR) is 123 cm³/mol. The molecule has 1 fully saturated rings. The van der Waals surface area contributed by atoms with Gasteiger partial charge >= 0.3 is 0 Å². The topological polar surface area (TPSA) is 58.5 Å². The largest absolute Gasteiger partial charge is 0.477 e. The SMILES string of the molecule is CCNC(=NCc1ccc(OCC2CC2)nc1)NCC(C)c1cccs1.I. The number of aliphatic imine (C=N–C) groups is 1. The number of ether oxygens (including phenoxy) is 1. The molecule has 0 radical (unpaired) electrons. The van der Waals surface area contributed by atoms with E-state index in [1.807, 2.05) is 18.3 Å². The van der Waals surface area contributed by atoms with Crippen LogP contribution in [0.3, 0.4) is 0 Å². The molecule has 0 saturated heterocycles. The van der Waals surface area contributed by atoms with E-state index in [1.165, 1.54) is 17.7 Å². The van der Waals surface area contributed by atoms with E-state index >= 15 is 0 Å². The normalized spacial score (nSPS) is 15.0. The van der Waals surface area contributed by atoms with Gasteiger partial charge in [-0.2, -0.15) is 0 Å². The van der Waals surface area contributed by atoms with Crippen molar-refractivity contribution in [2.45, 2.75) is 39.2 Å². The molecule has 2 heterocycles. The van der Waals surface area contributed by atoms with Gasteiger partial charge in [0.05, 0.1) is 13.2 Å². The first kappa shape index (κ1) is 21.9. The van der Waals surface area contributed by atoms with Crippen LogP contribution in [0.15, 0.2) is 40.8 Å². The molecule has 2 aromatic rings. The number of thiophene rings is 1. The van der Waals surface area contributed by atoms with E-state index in [1.54, 1.807) is 11.3 Å². The summed E-state index contributed by atoms with van der Waals surface area (Å²) in [5.74, 6) is 2.75. The first-order valence-electron chi connectivity index (χ1n) is 9.38. The van der Waals surface area contributed by atoms with Crippen LogP contribution in [-0.2, 0) is 6.54 Å². The second-order valence-electron chi connectivity index (χ2n) is 6.75. The van der Waals surface area contributed by atoms with Gasteiger partial charge in [0.15, 0.2) is 5.96 Å². The second-order valence-corrected chi connectivity index (χ2v) is 7.73. The van der Waals surface area contributed by atoms with E-state index in [0.717, 1.165) is 37.1 Å². The van der Waals surface area contributed by atoms with Gasteiger partial charge in [-0.3, -0.25) is 0 Å². The molecular formula is C20H29IN4OS. The molecule has 2 N–H and O–H groups in total. The molecule has 27 heavy (non-hydrogen) atoms. The minimum atomic E-state index is 0. The predicted octanol–water partition coefficient (Wildman–Crippen LogP) is 4.41. The molecule has 0 aromatic carbocycles. The maximum Gasteiger partial charge on any atom is 0.213 e. The Kier molecular flexibility index (Phi) is 9.33. The highest BCUT2D eigenvalue weighted by atomic mass is 127. The lowest BCUT2D eigenvalue weighted by Crippen LogP contribution is -2.39. The highest BCUT2D eigenvalue weighted by Crippen LogP contribution is 2.29. The fourth-order valence-electron chi connectivity index (χ4n) is 2.51. The lowest BCUT2D eigenvalue weighted by Gasteiger charge is -2.15. The highest BCUT2D eigenvalue weighted by Gasteiger charge is 2.22. The van der Waals surface area contributed by atoms with Crippen LogP contribution in [0.1, 0.15) is 43.0 Å². The Morgan fingerprint density at radius 2 is 2.19 bits per heavy atom. The first-order chi connectivity index (χ1) is 12.7. The third kappa shape index (κ3) is 7.65. The molecule has 1 unspecified atom stereocenters. The molecule has 0 aliphatic heterocycles. The van der Waals surface area contributed by atoms with E-state index in [-0.39, 0.29) is 24.0 Å². The molecule has 148 valence electrons. The van der Waals surface area contributed by atoms with Gasteiger partial charge in [-0.15, -0.1) is 35.3 Å². The summed E-state index contributed by atoms with van der Waals surface area (Å²) in [6, 6.07) is 8.25. The van der Waals surface area contributed by atoms with Crippen LogP contribution in [0.25, 0.3) is 0 Å². The number of rotatable bonds is 9. The standard InChI is InChI=1S/C20H28N4OS.HI/c1-3-21-20(23-11-15(2)18-5-4-10-26-18)24-13-17-8-9-19(22-12-17)25-14-16-6-7-16;/h4-5,8-10,12,15-16H,3,6-7,11,13-14H2,1-2H3,(H2,21,23,24);1H. The third-order valence-electron chi connectivity index (χ3n) is 4.33. The number of aromatic nitrogens is 1. The minimum Gasteiger partial charge on any atom is -0.477 e. The van der Waals surface area contributed by atoms with Crippen molar-refractivity contribution < 1.29 is 4.74 Å². The molecular weight excluding hydrogens is 471 g/mol. The Bertz CT molecular complexity index is 687. The minimum absolute atomic E-state index is 0. The Morgan fingerprint density at radius 3 is 2.81 bits per heavy atom. The van der Waals surface area contributed by atoms with Crippen LogP contribution < -0.4 is 15.4 Å². The van der Waals surface area contributed by atoms with Crippen molar-refractivity contribution in [3.05, 3.63) is 46.3 Å². The molecule has 1 saturated carbocycles. The lowest BCUT2D eigenvalue weighted by atomic mass is 10.1. The van der Waals surface area contributed by atoms with E-state index in [2.05, 4.69) is 52.0 Å². The lowest BCUT2D eigenvalue weighted by molar-refractivity contribution is 0.288. The van der Waals surface area contributed by atoms with Gasteiger partial charge in [-0.25, -0.2) is 9.98 Å².